The molecule has 0 aliphatic heterocycles. The molecule has 0 radical (unpaired) electrons. The van der Waals surface area contributed by atoms with Crippen LogP contribution >= 0.6 is 11.8 Å². The Morgan fingerprint density at radius 3 is 2.60 bits per heavy atom. The first-order valence-electron chi connectivity index (χ1n) is 12.9. The Balaban J connectivity index is 1.39. The van der Waals surface area contributed by atoms with Gasteiger partial charge in [0, 0.05) is 17.2 Å². The van der Waals surface area contributed by atoms with Crippen LogP contribution in [0.4, 0.5) is 8.78 Å². The van der Waals surface area contributed by atoms with Crippen molar-refractivity contribution >= 4 is 23.9 Å². The topological polar surface area (TPSA) is 87.4 Å². The lowest BCUT2D eigenvalue weighted by Gasteiger charge is -2.19. The molecule has 2 atom stereocenters. The second-order valence-corrected chi connectivity index (χ2v) is 11.8. The van der Waals surface area contributed by atoms with E-state index in [1.807, 2.05) is 6.07 Å². The maximum Gasteiger partial charge on any atom is 0.280 e. The molecule has 1 saturated carbocycles. The summed E-state index contributed by atoms with van der Waals surface area (Å²) in [6, 6.07) is 17.2. The number of rotatable bonds is 9. The monoisotopic (exact) mass is 562 g/mol. The number of aromatic nitrogens is 1. The molecule has 1 aromatic heterocycles. The molecule has 1 aliphatic rings. The van der Waals surface area contributed by atoms with Gasteiger partial charge in [-0.1, -0.05) is 45.0 Å². The molecule has 1 heterocycles. The van der Waals surface area contributed by atoms with Gasteiger partial charge in [-0.15, -0.1) is 11.8 Å². The summed E-state index contributed by atoms with van der Waals surface area (Å²) in [6.07, 6.45) is -0.373. The number of nitriles is 1. The lowest BCUT2D eigenvalue weighted by Crippen LogP contribution is -2.20. The maximum atomic E-state index is 13.3. The van der Waals surface area contributed by atoms with Crippen molar-refractivity contribution in [2.24, 2.45) is 11.0 Å². The van der Waals surface area contributed by atoms with Crippen molar-refractivity contribution in [1.82, 2.24) is 10.4 Å². The zero-order valence-electron chi connectivity index (χ0n) is 23.2. The summed E-state index contributed by atoms with van der Waals surface area (Å²) in [4.78, 5) is 16.7. The number of hydrogen-bond acceptors (Lipinski definition) is 6. The largest absolute Gasteiger partial charge is 0.496 e. The highest BCUT2D eigenvalue weighted by atomic mass is 32.2. The second-order valence-electron chi connectivity index (χ2n) is 10.9. The van der Waals surface area contributed by atoms with E-state index in [0.717, 1.165) is 23.1 Å². The van der Waals surface area contributed by atoms with Crippen molar-refractivity contribution in [3.05, 3.63) is 87.6 Å². The molecule has 0 saturated heterocycles. The van der Waals surface area contributed by atoms with E-state index in [9.17, 15) is 18.8 Å². The van der Waals surface area contributed by atoms with Crippen LogP contribution in [-0.2, 0) is 16.0 Å². The number of benzene rings is 2. The van der Waals surface area contributed by atoms with Gasteiger partial charge in [-0.2, -0.15) is 10.4 Å². The van der Waals surface area contributed by atoms with Gasteiger partial charge in [0.15, 0.2) is 0 Å². The average Bonchev–Trinajstić information content (AvgIpc) is 3.72. The SMILES string of the molecule is COc1ccc(/C=N\NC(=O)C2CC2c2ccc(C(C)(C)C)cc2)cc1CSc1nc(C(F)F)cc(C)c1C#N. The summed E-state index contributed by atoms with van der Waals surface area (Å²) in [5.41, 5.74) is 7.04. The minimum atomic E-state index is -2.73. The summed E-state index contributed by atoms with van der Waals surface area (Å²) in [7, 11) is 1.54. The van der Waals surface area contributed by atoms with Crippen molar-refractivity contribution in [1.29, 1.82) is 5.26 Å². The van der Waals surface area contributed by atoms with Crippen molar-refractivity contribution in [2.75, 3.05) is 7.11 Å². The zero-order valence-corrected chi connectivity index (χ0v) is 24.0. The van der Waals surface area contributed by atoms with Gasteiger partial charge in [0.25, 0.3) is 6.43 Å². The van der Waals surface area contributed by atoms with Gasteiger partial charge in [0.1, 0.15) is 22.5 Å². The highest BCUT2D eigenvalue weighted by Crippen LogP contribution is 2.47. The van der Waals surface area contributed by atoms with E-state index in [4.69, 9.17) is 4.74 Å². The summed E-state index contributed by atoms with van der Waals surface area (Å²) in [5.74, 6) is 0.924. The van der Waals surface area contributed by atoms with E-state index < -0.39 is 6.43 Å². The predicted octanol–water partition coefficient (Wildman–Crippen LogP) is 7.05. The molecule has 1 fully saturated rings. The van der Waals surface area contributed by atoms with Gasteiger partial charge in [-0.25, -0.2) is 19.2 Å². The lowest BCUT2D eigenvalue weighted by molar-refractivity contribution is -0.122. The second kappa shape index (κ2) is 12.2. The van der Waals surface area contributed by atoms with Crippen LogP contribution in [0.3, 0.4) is 0 Å². The quantitative estimate of drug-likeness (QED) is 0.172. The van der Waals surface area contributed by atoms with Crippen LogP contribution in [0.2, 0.25) is 0 Å². The van der Waals surface area contributed by atoms with Crippen LogP contribution in [0.1, 0.15) is 78.6 Å². The van der Waals surface area contributed by atoms with Crippen LogP contribution in [0, 0.1) is 24.2 Å². The predicted molar refractivity (Wildman–Crippen MR) is 153 cm³/mol. The molecule has 2 unspecified atom stereocenters. The Morgan fingerprint density at radius 2 is 1.98 bits per heavy atom. The summed E-state index contributed by atoms with van der Waals surface area (Å²) in [5, 5.41) is 13.9. The molecule has 40 heavy (non-hydrogen) atoms. The fourth-order valence-electron chi connectivity index (χ4n) is 4.49. The molecular formula is C31H32F2N4O2S. The number of carbonyl (C=O) groups is 1. The van der Waals surface area contributed by atoms with Gasteiger partial charge >= 0.3 is 0 Å². The molecule has 1 aliphatic carbocycles. The lowest BCUT2D eigenvalue weighted by atomic mass is 9.86. The first kappa shape index (κ1) is 29.2. The molecular weight excluding hydrogens is 530 g/mol. The Hall–Kier alpha value is -3.77. The standard InChI is InChI=1S/C31H32F2N4O2S/c1-18-12-26(28(32)33)36-30(25(18)15-34)40-17-21-13-19(6-11-27(21)39-5)16-35-37-29(38)24-14-23(24)20-7-9-22(10-8-20)31(2,3)4/h6-13,16,23-24,28H,14,17H2,1-5H3,(H,37,38)/b35-16-. The smallest absolute Gasteiger partial charge is 0.280 e. The number of ether oxygens (including phenoxy) is 1. The summed E-state index contributed by atoms with van der Waals surface area (Å²) >= 11 is 1.19. The van der Waals surface area contributed by atoms with Gasteiger partial charge in [-0.3, -0.25) is 4.79 Å². The van der Waals surface area contributed by atoms with Crippen LogP contribution in [0.25, 0.3) is 0 Å². The number of pyridine rings is 1. The van der Waals surface area contributed by atoms with Crippen LogP contribution in [0.15, 0.2) is 58.7 Å². The Bertz CT molecular complexity index is 1460. The van der Waals surface area contributed by atoms with Gasteiger partial charge in [0.2, 0.25) is 5.91 Å². The molecule has 1 N–H and O–H groups in total. The van der Waals surface area contributed by atoms with Crippen LogP contribution in [-0.4, -0.2) is 24.2 Å². The minimum absolute atomic E-state index is 0.0858. The number of carbonyl (C=O) groups excluding carboxylic acids is 1. The molecule has 208 valence electrons. The Kier molecular flexibility index (Phi) is 8.89. The third-order valence-corrected chi connectivity index (χ3v) is 7.95. The number of nitrogens with zero attached hydrogens (tertiary/aromatic N) is 3. The van der Waals surface area contributed by atoms with E-state index in [-0.39, 0.29) is 39.4 Å². The highest BCUT2D eigenvalue weighted by Gasteiger charge is 2.44. The number of thioether (sulfide) groups is 1. The minimum Gasteiger partial charge on any atom is -0.496 e. The fourth-order valence-corrected chi connectivity index (χ4v) is 5.53. The number of hydrogen-bond donors (Lipinski definition) is 1. The number of hydrazone groups is 1. The fraction of sp³-hybridized carbons (Fsp3) is 0.355. The number of methoxy groups -OCH3 is 1. The Labute approximate surface area is 237 Å². The molecule has 1 amide bonds. The number of alkyl halides is 2. The highest BCUT2D eigenvalue weighted by molar-refractivity contribution is 7.98. The molecule has 4 rings (SSSR count). The van der Waals surface area contributed by atoms with Gasteiger partial charge in [0.05, 0.1) is 18.9 Å². The van der Waals surface area contributed by atoms with E-state index in [1.165, 1.54) is 23.4 Å². The summed E-state index contributed by atoms with van der Waals surface area (Å²) < 4.78 is 32.0. The van der Waals surface area contributed by atoms with Crippen molar-refractivity contribution in [2.45, 2.75) is 62.7 Å². The third-order valence-electron chi connectivity index (χ3n) is 6.93. The number of aryl methyl sites for hydroxylation is 1. The van der Waals surface area contributed by atoms with Crippen LogP contribution < -0.4 is 10.2 Å². The molecule has 0 bridgehead atoms. The van der Waals surface area contributed by atoms with E-state index in [0.29, 0.717) is 17.1 Å². The first-order valence-corrected chi connectivity index (χ1v) is 13.9. The number of halogens is 2. The van der Waals surface area contributed by atoms with Gasteiger partial charge < -0.3 is 4.74 Å². The molecule has 6 nitrogen and oxygen atoms in total. The van der Waals surface area contributed by atoms with E-state index in [1.54, 1.807) is 32.4 Å². The normalized spacial score (nSPS) is 16.7. The van der Waals surface area contributed by atoms with E-state index >= 15 is 0 Å². The number of nitrogens with one attached hydrogen (secondary N) is 1. The Morgan fingerprint density at radius 1 is 1.25 bits per heavy atom. The van der Waals surface area contributed by atoms with Gasteiger partial charge in [-0.05, 0) is 71.2 Å². The van der Waals surface area contributed by atoms with Crippen molar-refractivity contribution in [3.8, 4) is 11.8 Å². The van der Waals surface area contributed by atoms with E-state index in [2.05, 4.69) is 66.6 Å². The molecule has 2 aromatic carbocycles. The maximum absolute atomic E-state index is 13.3. The number of amides is 1. The van der Waals surface area contributed by atoms with Crippen molar-refractivity contribution < 1.29 is 18.3 Å². The van der Waals surface area contributed by atoms with Crippen molar-refractivity contribution in [3.63, 3.8) is 0 Å². The summed E-state index contributed by atoms with van der Waals surface area (Å²) in [6.45, 7) is 8.15. The third kappa shape index (κ3) is 6.86. The average molecular weight is 563 g/mol. The van der Waals surface area contributed by atoms with Crippen LogP contribution in [0.5, 0.6) is 5.75 Å². The first-order chi connectivity index (χ1) is 19.0. The molecule has 0 spiro atoms. The zero-order chi connectivity index (χ0) is 29.0. The molecule has 9 heteroatoms. The molecule has 3 aromatic rings.